The predicted octanol–water partition coefficient (Wildman–Crippen LogP) is 2.59. The highest BCUT2D eigenvalue weighted by atomic mass is 16.5. The fourth-order valence-electron chi connectivity index (χ4n) is 2.89. The Balaban J connectivity index is 1.65. The summed E-state index contributed by atoms with van der Waals surface area (Å²) < 4.78 is 11.3. The minimum Gasteiger partial charge on any atom is -0.459 e. The first-order chi connectivity index (χ1) is 15.0. The number of ether oxygens (including phenoxy) is 2. The molecule has 5 N–H and O–H groups in total. The highest BCUT2D eigenvalue weighted by molar-refractivity contribution is 5.90. The lowest BCUT2D eigenvalue weighted by molar-refractivity contribution is -0.116. The van der Waals surface area contributed by atoms with Gasteiger partial charge in [0, 0.05) is 26.1 Å². The average Bonchev–Trinajstić information content (AvgIpc) is 2.75. The topological polar surface area (TPSA) is 140 Å². The number of nitrogens with two attached hydrogens (primary N) is 2. The zero-order valence-corrected chi connectivity index (χ0v) is 17.3. The van der Waals surface area contributed by atoms with Crippen LogP contribution < -0.4 is 21.5 Å². The Morgan fingerprint density at radius 3 is 2.68 bits per heavy atom. The van der Waals surface area contributed by atoms with Crippen LogP contribution in [0.5, 0.6) is 5.75 Å². The quantitative estimate of drug-likeness (QED) is 0.414. The summed E-state index contributed by atoms with van der Waals surface area (Å²) in [5, 5.41) is 11.1. The van der Waals surface area contributed by atoms with E-state index < -0.39 is 0 Å². The Kier molecular flexibility index (Phi) is 8.05. The van der Waals surface area contributed by atoms with E-state index in [1.165, 1.54) is 0 Å². The summed E-state index contributed by atoms with van der Waals surface area (Å²) in [6, 6.07) is 10.5. The molecule has 0 spiro atoms. The van der Waals surface area contributed by atoms with Crippen LogP contribution in [0, 0.1) is 0 Å². The molecule has 0 unspecified atom stereocenters. The first kappa shape index (κ1) is 22.3. The molecule has 10 nitrogen and oxygen atoms in total. The van der Waals surface area contributed by atoms with E-state index in [2.05, 4.69) is 32.0 Å². The zero-order valence-electron chi connectivity index (χ0n) is 17.3. The van der Waals surface area contributed by atoms with E-state index in [9.17, 15) is 4.79 Å². The predicted molar refractivity (Wildman–Crippen MR) is 119 cm³/mol. The summed E-state index contributed by atoms with van der Waals surface area (Å²) in [4.78, 5) is 18.0. The SMILES string of the molecule is C=C(CN1CCOCC1)Oc1ccccc1/N=N/c1ccc(NC(=O)CCN)nc1N. The maximum Gasteiger partial charge on any atom is 0.226 e. The van der Waals surface area contributed by atoms with Crippen molar-refractivity contribution in [1.82, 2.24) is 9.88 Å². The van der Waals surface area contributed by atoms with Gasteiger partial charge >= 0.3 is 0 Å². The number of azo groups is 1. The molecule has 0 bridgehead atoms. The lowest BCUT2D eigenvalue weighted by Crippen LogP contribution is -2.37. The van der Waals surface area contributed by atoms with Gasteiger partial charge in [-0.25, -0.2) is 4.98 Å². The second-order valence-electron chi connectivity index (χ2n) is 6.88. The molecule has 0 radical (unpaired) electrons. The number of carbonyl (C=O) groups excluding carboxylic acids is 1. The molecule has 31 heavy (non-hydrogen) atoms. The van der Waals surface area contributed by atoms with Crippen LogP contribution in [0.2, 0.25) is 0 Å². The summed E-state index contributed by atoms with van der Waals surface area (Å²) in [6.07, 6.45) is 0.205. The van der Waals surface area contributed by atoms with Gasteiger partial charge in [-0.3, -0.25) is 9.69 Å². The largest absolute Gasteiger partial charge is 0.459 e. The molecule has 3 rings (SSSR count). The smallest absolute Gasteiger partial charge is 0.226 e. The number of carbonyl (C=O) groups is 1. The summed E-state index contributed by atoms with van der Waals surface area (Å²) in [7, 11) is 0. The van der Waals surface area contributed by atoms with E-state index in [1.807, 2.05) is 12.1 Å². The molecule has 1 amide bonds. The molecule has 1 saturated heterocycles. The molecule has 0 saturated carbocycles. The second-order valence-corrected chi connectivity index (χ2v) is 6.88. The maximum absolute atomic E-state index is 11.6. The summed E-state index contributed by atoms with van der Waals surface area (Å²) in [6.45, 7) is 8.00. The van der Waals surface area contributed by atoms with Gasteiger partial charge in [-0.05, 0) is 24.3 Å². The molecule has 2 heterocycles. The van der Waals surface area contributed by atoms with Crippen molar-refractivity contribution in [2.75, 3.05) is 50.4 Å². The number of nitrogen functional groups attached to an aromatic ring is 1. The maximum atomic E-state index is 11.6. The van der Waals surface area contributed by atoms with E-state index in [4.69, 9.17) is 20.9 Å². The van der Waals surface area contributed by atoms with Gasteiger partial charge < -0.3 is 26.3 Å². The van der Waals surface area contributed by atoms with Gasteiger partial charge in [0.25, 0.3) is 0 Å². The molecule has 10 heteroatoms. The lowest BCUT2D eigenvalue weighted by Gasteiger charge is -2.27. The van der Waals surface area contributed by atoms with Crippen LogP contribution in [0.3, 0.4) is 0 Å². The Hall–Kier alpha value is -3.34. The number of anilines is 2. The first-order valence-corrected chi connectivity index (χ1v) is 9.98. The number of nitrogens with zero attached hydrogens (tertiary/aromatic N) is 4. The van der Waals surface area contributed by atoms with Crippen LogP contribution in [0.1, 0.15) is 6.42 Å². The summed E-state index contributed by atoms with van der Waals surface area (Å²) in [5.41, 5.74) is 12.2. The number of aromatic nitrogens is 1. The van der Waals surface area contributed by atoms with Gasteiger partial charge in [0.1, 0.15) is 23.0 Å². The Labute approximate surface area is 180 Å². The third-order valence-corrected chi connectivity index (χ3v) is 4.43. The molecule has 1 aromatic heterocycles. The van der Waals surface area contributed by atoms with Crippen molar-refractivity contribution < 1.29 is 14.3 Å². The van der Waals surface area contributed by atoms with Crippen molar-refractivity contribution in [2.45, 2.75) is 6.42 Å². The van der Waals surface area contributed by atoms with Gasteiger partial charge in [-0.2, -0.15) is 0 Å². The monoisotopic (exact) mass is 425 g/mol. The minimum atomic E-state index is -0.229. The first-order valence-electron chi connectivity index (χ1n) is 9.98. The molecule has 164 valence electrons. The van der Waals surface area contributed by atoms with Crippen molar-refractivity contribution in [1.29, 1.82) is 0 Å². The molecule has 1 aliphatic heterocycles. The highest BCUT2D eigenvalue weighted by Crippen LogP contribution is 2.31. The van der Waals surface area contributed by atoms with Crippen LogP contribution in [0.15, 0.2) is 59.0 Å². The van der Waals surface area contributed by atoms with E-state index in [-0.39, 0.29) is 24.7 Å². The summed E-state index contributed by atoms with van der Waals surface area (Å²) >= 11 is 0. The average molecular weight is 425 g/mol. The van der Waals surface area contributed by atoms with Crippen molar-refractivity contribution in [2.24, 2.45) is 16.0 Å². The molecule has 0 atom stereocenters. The van der Waals surface area contributed by atoms with E-state index in [1.54, 1.807) is 24.3 Å². The van der Waals surface area contributed by atoms with Gasteiger partial charge in [-0.15, -0.1) is 10.2 Å². The number of para-hydroxylation sites is 1. The number of hydrogen-bond acceptors (Lipinski definition) is 9. The fraction of sp³-hybridized carbons (Fsp3) is 0.333. The second kappa shape index (κ2) is 11.2. The number of amides is 1. The summed E-state index contributed by atoms with van der Waals surface area (Å²) in [5.74, 6) is 1.40. The van der Waals surface area contributed by atoms with Crippen molar-refractivity contribution in [3.8, 4) is 5.75 Å². The van der Waals surface area contributed by atoms with Crippen LogP contribution >= 0.6 is 0 Å². The Morgan fingerprint density at radius 1 is 1.19 bits per heavy atom. The normalized spacial score (nSPS) is 14.5. The molecule has 1 aromatic carbocycles. The minimum absolute atomic E-state index is 0.143. The fourth-order valence-corrected chi connectivity index (χ4v) is 2.89. The number of pyridine rings is 1. The number of morpholine rings is 1. The highest BCUT2D eigenvalue weighted by Gasteiger charge is 2.13. The van der Waals surface area contributed by atoms with Crippen LogP contribution in [0.25, 0.3) is 0 Å². The number of benzene rings is 1. The van der Waals surface area contributed by atoms with E-state index in [0.717, 1.165) is 13.1 Å². The number of nitrogens with one attached hydrogen (secondary N) is 1. The number of hydrogen-bond donors (Lipinski definition) is 3. The third kappa shape index (κ3) is 6.85. The molecular weight excluding hydrogens is 398 g/mol. The van der Waals surface area contributed by atoms with E-state index >= 15 is 0 Å². The molecule has 1 fully saturated rings. The standard InChI is InChI=1S/C21H27N7O3/c1-15(14-28-10-12-30-13-11-28)31-18-5-3-2-4-16(18)26-27-17-6-7-19(25-21(17)23)24-20(29)8-9-22/h2-7H,1,8-14,22H2,(H3,23,24,25,29)/b27-26+. The molecule has 2 aromatic rings. The van der Waals surface area contributed by atoms with Crippen molar-refractivity contribution >= 4 is 28.9 Å². The van der Waals surface area contributed by atoms with Crippen LogP contribution in [0.4, 0.5) is 23.0 Å². The molecule has 0 aliphatic carbocycles. The Morgan fingerprint density at radius 2 is 1.94 bits per heavy atom. The van der Waals surface area contributed by atoms with Gasteiger partial charge in [-0.1, -0.05) is 18.7 Å². The van der Waals surface area contributed by atoms with Crippen LogP contribution in [-0.4, -0.2) is 55.2 Å². The van der Waals surface area contributed by atoms with Gasteiger partial charge in [0.05, 0.1) is 19.8 Å². The third-order valence-electron chi connectivity index (χ3n) is 4.43. The molecule has 1 aliphatic rings. The lowest BCUT2D eigenvalue weighted by atomic mass is 10.3. The van der Waals surface area contributed by atoms with Crippen molar-refractivity contribution in [3.05, 3.63) is 48.7 Å². The number of rotatable bonds is 9. The zero-order chi connectivity index (χ0) is 22.1. The van der Waals surface area contributed by atoms with Crippen molar-refractivity contribution in [3.63, 3.8) is 0 Å². The van der Waals surface area contributed by atoms with Gasteiger partial charge in [0.2, 0.25) is 5.91 Å². The van der Waals surface area contributed by atoms with Gasteiger partial charge in [0.15, 0.2) is 11.6 Å². The van der Waals surface area contributed by atoms with Crippen LogP contribution in [-0.2, 0) is 9.53 Å². The van der Waals surface area contributed by atoms with E-state index in [0.29, 0.717) is 48.5 Å². The Bertz CT molecular complexity index is 942. The molecular formula is C21H27N7O3.